The van der Waals surface area contributed by atoms with Gasteiger partial charge in [-0.2, -0.15) is 0 Å². The minimum absolute atomic E-state index is 0.00979. The summed E-state index contributed by atoms with van der Waals surface area (Å²) in [4.78, 5) is 21.1. The third-order valence-corrected chi connectivity index (χ3v) is 4.90. The first-order chi connectivity index (χ1) is 10.1. The lowest BCUT2D eigenvalue weighted by Crippen LogP contribution is -2.48. The molecule has 1 aromatic heterocycles. The van der Waals surface area contributed by atoms with Crippen molar-refractivity contribution in [2.75, 3.05) is 31.1 Å². The molecule has 1 aliphatic rings. The van der Waals surface area contributed by atoms with Crippen molar-refractivity contribution in [1.29, 1.82) is 0 Å². The Morgan fingerprint density at radius 2 is 1.95 bits per heavy atom. The number of amides is 1. The van der Waals surface area contributed by atoms with Crippen LogP contribution in [0.15, 0.2) is 29.6 Å². The summed E-state index contributed by atoms with van der Waals surface area (Å²) in [6.07, 6.45) is 0. The number of aromatic nitrogens is 1. The number of hydrogen-bond acceptors (Lipinski definition) is 4. The van der Waals surface area contributed by atoms with Gasteiger partial charge in [0.15, 0.2) is 5.13 Å². The van der Waals surface area contributed by atoms with Crippen molar-refractivity contribution in [3.05, 3.63) is 45.9 Å². The van der Waals surface area contributed by atoms with E-state index in [-0.39, 0.29) is 5.91 Å². The quantitative estimate of drug-likeness (QED) is 0.853. The average Bonchev–Trinajstić information content (AvgIpc) is 2.94. The van der Waals surface area contributed by atoms with Gasteiger partial charge in [0.05, 0.1) is 16.3 Å². The smallest absolute Gasteiger partial charge is 0.255 e. The molecule has 1 saturated heterocycles. The van der Waals surface area contributed by atoms with E-state index in [1.165, 1.54) is 0 Å². The minimum Gasteiger partial charge on any atom is -0.345 e. The summed E-state index contributed by atoms with van der Waals surface area (Å²) in [6.45, 7) is 5.01. The fourth-order valence-electron chi connectivity index (χ4n) is 2.39. The van der Waals surface area contributed by atoms with Crippen molar-refractivity contribution in [2.45, 2.75) is 6.92 Å². The van der Waals surface area contributed by atoms with Crippen molar-refractivity contribution in [3.63, 3.8) is 0 Å². The highest BCUT2D eigenvalue weighted by Crippen LogP contribution is 2.23. The van der Waals surface area contributed by atoms with Crippen LogP contribution < -0.4 is 4.90 Å². The Labute approximate surface area is 133 Å². The van der Waals surface area contributed by atoms with Crippen LogP contribution in [0, 0.1) is 6.92 Å². The highest BCUT2D eigenvalue weighted by molar-refractivity contribution is 7.13. The summed E-state index contributed by atoms with van der Waals surface area (Å²) >= 11 is 7.75. The lowest BCUT2D eigenvalue weighted by atomic mass is 10.2. The fraction of sp³-hybridized carbons (Fsp3) is 0.333. The molecular formula is C15H16ClN3OS. The van der Waals surface area contributed by atoms with E-state index in [9.17, 15) is 4.79 Å². The van der Waals surface area contributed by atoms with Gasteiger partial charge in [-0.15, -0.1) is 11.3 Å². The third kappa shape index (κ3) is 3.04. The third-order valence-electron chi connectivity index (χ3n) is 3.55. The van der Waals surface area contributed by atoms with E-state index in [0.717, 1.165) is 23.9 Å². The molecule has 6 heteroatoms. The van der Waals surface area contributed by atoms with E-state index in [1.807, 2.05) is 24.0 Å². The van der Waals surface area contributed by atoms with Crippen LogP contribution >= 0.6 is 22.9 Å². The maximum atomic E-state index is 12.5. The Balaban J connectivity index is 1.66. The number of hydrogen-bond donors (Lipinski definition) is 0. The zero-order valence-electron chi connectivity index (χ0n) is 11.8. The monoisotopic (exact) mass is 321 g/mol. The van der Waals surface area contributed by atoms with Crippen molar-refractivity contribution >= 4 is 34.0 Å². The number of piperazine rings is 1. The Kier molecular flexibility index (Phi) is 4.12. The first kappa shape index (κ1) is 14.4. The molecular weight excluding hydrogens is 306 g/mol. The Morgan fingerprint density at radius 1 is 1.24 bits per heavy atom. The largest absolute Gasteiger partial charge is 0.345 e. The lowest BCUT2D eigenvalue weighted by Gasteiger charge is -2.34. The molecule has 21 heavy (non-hydrogen) atoms. The van der Waals surface area contributed by atoms with Gasteiger partial charge in [-0.3, -0.25) is 4.79 Å². The second-order valence-electron chi connectivity index (χ2n) is 5.03. The molecule has 110 valence electrons. The minimum atomic E-state index is 0.00979. The fourth-order valence-corrected chi connectivity index (χ4v) is 3.47. The van der Waals surface area contributed by atoms with Gasteiger partial charge >= 0.3 is 0 Å². The van der Waals surface area contributed by atoms with Crippen molar-refractivity contribution < 1.29 is 4.79 Å². The van der Waals surface area contributed by atoms with Crippen LogP contribution in [-0.2, 0) is 0 Å². The second-order valence-corrected chi connectivity index (χ2v) is 6.27. The molecule has 0 radical (unpaired) electrons. The summed E-state index contributed by atoms with van der Waals surface area (Å²) in [5, 5.41) is 3.61. The number of halogens is 1. The molecule has 0 aliphatic carbocycles. The van der Waals surface area contributed by atoms with Crippen LogP contribution in [0.5, 0.6) is 0 Å². The van der Waals surface area contributed by atoms with Crippen LogP contribution in [0.4, 0.5) is 5.13 Å². The lowest BCUT2D eigenvalue weighted by molar-refractivity contribution is 0.0747. The molecule has 0 N–H and O–H groups in total. The van der Waals surface area contributed by atoms with Gasteiger partial charge in [-0.25, -0.2) is 4.98 Å². The van der Waals surface area contributed by atoms with Gasteiger partial charge in [0.1, 0.15) is 0 Å². The topological polar surface area (TPSA) is 36.4 Å². The SMILES string of the molecule is Cc1csc(N2CCN(C(=O)c3ccccc3Cl)CC2)n1. The molecule has 2 aromatic rings. The number of carbonyl (C=O) groups is 1. The number of aryl methyl sites for hydroxylation is 1. The number of benzene rings is 1. The van der Waals surface area contributed by atoms with Crippen LogP contribution in [0.3, 0.4) is 0 Å². The van der Waals surface area contributed by atoms with Crippen LogP contribution in [-0.4, -0.2) is 42.0 Å². The number of carbonyl (C=O) groups excluding carboxylic acids is 1. The summed E-state index contributed by atoms with van der Waals surface area (Å²) in [5.41, 5.74) is 1.63. The van der Waals surface area contributed by atoms with E-state index >= 15 is 0 Å². The highest BCUT2D eigenvalue weighted by Gasteiger charge is 2.24. The van der Waals surface area contributed by atoms with Gasteiger partial charge in [-0.05, 0) is 19.1 Å². The number of anilines is 1. The van der Waals surface area contributed by atoms with E-state index in [0.29, 0.717) is 23.7 Å². The summed E-state index contributed by atoms with van der Waals surface area (Å²) in [6, 6.07) is 7.21. The normalized spacial score (nSPS) is 15.3. The summed E-state index contributed by atoms with van der Waals surface area (Å²) < 4.78 is 0. The second kappa shape index (κ2) is 6.03. The van der Waals surface area contributed by atoms with Crippen LogP contribution in [0.2, 0.25) is 5.02 Å². The number of thiazole rings is 1. The molecule has 0 spiro atoms. The van der Waals surface area contributed by atoms with Crippen molar-refractivity contribution in [1.82, 2.24) is 9.88 Å². The Hall–Kier alpha value is -1.59. The van der Waals surface area contributed by atoms with Crippen molar-refractivity contribution in [2.24, 2.45) is 0 Å². The van der Waals surface area contributed by atoms with E-state index in [4.69, 9.17) is 11.6 Å². The number of nitrogens with zero attached hydrogens (tertiary/aromatic N) is 3. The molecule has 0 bridgehead atoms. The standard InChI is InChI=1S/C15H16ClN3OS/c1-11-10-21-15(17-11)19-8-6-18(7-9-19)14(20)12-4-2-3-5-13(12)16/h2-5,10H,6-9H2,1H3. The van der Waals surface area contributed by atoms with E-state index < -0.39 is 0 Å². The number of rotatable bonds is 2. The molecule has 1 aliphatic heterocycles. The van der Waals surface area contributed by atoms with Gasteiger partial charge < -0.3 is 9.80 Å². The van der Waals surface area contributed by atoms with Gasteiger partial charge in [0.2, 0.25) is 0 Å². The Morgan fingerprint density at radius 3 is 2.57 bits per heavy atom. The highest BCUT2D eigenvalue weighted by atomic mass is 35.5. The van der Waals surface area contributed by atoms with E-state index in [1.54, 1.807) is 23.5 Å². The first-order valence-electron chi connectivity index (χ1n) is 6.86. The predicted molar refractivity (Wildman–Crippen MR) is 86.4 cm³/mol. The average molecular weight is 322 g/mol. The van der Waals surface area contributed by atoms with Crippen molar-refractivity contribution in [3.8, 4) is 0 Å². The van der Waals surface area contributed by atoms with E-state index in [2.05, 4.69) is 15.3 Å². The molecule has 0 atom stereocenters. The zero-order valence-corrected chi connectivity index (χ0v) is 13.3. The van der Waals surface area contributed by atoms with Gasteiger partial charge in [0.25, 0.3) is 5.91 Å². The van der Waals surface area contributed by atoms with Gasteiger partial charge in [0, 0.05) is 31.6 Å². The molecule has 4 nitrogen and oxygen atoms in total. The molecule has 1 fully saturated rings. The Bertz CT molecular complexity index is 650. The van der Waals surface area contributed by atoms with Crippen LogP contribution in [0.1, 0.15) is 16.1 Å². The molecule has 0 saturated carbocycles. The molecule has 1 aromatic carbocycles. The summed E-state index contributed by atoms with van der Waals surface area (Å²) in [7, 11) is 0. The molecule has 0 unspecified atom stereocenters. The zero-order chi connectivity index (χ0) is 14.8. The van der Waals surface area contributed by atoms with Crippen LogP contribution in [0.25, 0.3) is 0 Å². The predicted octanol–water partition coefficient (Wildman–Crippen LogP) is 3.07. The van der Waals surface area contributed by atoms with Gasteiger partial charge in [-0.1, -0.05) is 23.7 Å². The maximum Gasteiger partial charge on any atom is 0.255 e. The molecule has 3 rings (SSSR count). The maximum absolute atomic E-state index is 12.5. The molecule has 2 heterocycles. The molecule has 1 amide bonds. The summed E-state index contributed by atoms with van der Waals surface area (Å²) in [5.74, 6) is 0.00979. The first-order valence-corrected chi connectivity index (χ1v) is 8.12.